The zero-order chi connectivity index (χ0) is 17.3. The Labute approximate surface area is 142 Å². The van der Waals surface area contributed by atoms with Crippen molar-refractivity contribution in [2.45, 2.75) is 90.9 Å². The van der Waals surface area contributed by atoms with Crippen LogP contribution in [0.1, 0.15) is 90.9 Å². The molecule has 0 saturated carbocycles. The maximum Gasteiger partial charge on any atom is 0.308 e. The van der Waals surface area contributed by atoms with E-state index in [9.17, 15) is 9.59 Å². The number of ether oxygens (including phenoxy) is 2. The summed E-state index contributed by atoms with van der Waals surface area (Å²) in [6.45, 7) is 4.51. The van der Waals surface area contributed by atoms with Crippen LogP contribution < -0.4 is 0 Å². The molecule has 0 spiro atoms. The third kappa shape index (κ3) is 14.3. The van der Waals surface area contributed by atoms with Crippen LogP contribution in [-0.4, -0.2) is 25.7 Å². The highest BCUT2D eigenvalue weighted by Crippen LogP contribution is 2.11. The van der Waals surface area contributed by atoms with Crippen molar-refractivity contribution < 1.29 is 19.1 Å². The van der Waals surface area contributed by atoms with E-state index in [0.29, 0.717) is 13.0 Å². The summed E-state index contributed by atoms with van der Waals surface area (Å²) < 4.78 is 9.81. The lowest BCUT2D eigenvalue weighted by molar-refractivity contribution is -0.147. The van der Waals surface area contributed by atoms with E-state index < -0.39 is 0 Å². The van der Waals surface area contributed by atoms with Crippen molar-refractivity contribution in [3.8, 4) is 0 Å². The van der Waals surface area contributed by atoms with Gasteiger partial charge in [-0.25, -0.2) is 0 Å². The van der Waals surface area contributed by atoms with E-state index in [-0.39, 0.29) is 24.3 Å². The van der Waals surface area contributed by atoms with Crippen LogP contribution in [0, 0.1) is 5.92 Å². The van der Waals surface area contributed by atoms with Gasteiger partial charge in [0, 0.05) is 6.42 Å². The molecule has 0 N–H and O–H groups in total. The van der Waals surface area contributed by atoms with Crippen LogP contribution >= 0.6 is 0 Å². The molecule has 0 fully saturated rings. The zero-order valence-corrected chi connectivity index (χ0v) is 15.4. The van der Waals surface area contributed by atoms with Crippen LogP contribution in [0.5, 0.6) is 0 Å². The lowest BCUT2D eigenvalue weighted by Gasteiger charge is -2.09. The number of hydrogen-bond donors (Lipinski definition) is 0. The monoisotopic (exact) mass is 328 g/mol. The second kappa shape index (κ2) is 15.8. The number of esters is 2. The molecule has 1 atom stereocenters. The molecule has 0 amide bonds. The first-order valence-corrected chi connectivity index (χ1v) is 9.35. The van der Waals surface area contributed by atoms with Crippen molar-refractivity contribution in [1.29, 1.82) is 0 Å². The SMILES string of the molecule is CCCCCCCCCCCCOC(=O)CCC(C)C(=O)OC. The fourth-order valence-electron chi connectivity index (χ4n) is 2.50. The lowest BCUT2D eigenvalue weighted by atomic mass is 10.1. The predicted molar refractivity (Wildman–Crippen MR) is 93.2 cm³/mol. The van der Waals surface area contributed by atoms with Gasteiger partial charge in [-0.15, -0.1) is 0 Å². The molecule has 136 valence electrons. The summed E-state index contributed by atoms with van der Waals surface area (Å²) in [6.07, 6.45) is 13.5. The van der Waals surface area contributed by atoms with E-state index in [1.807, 2.05) is 0 Å². The van der Waals surface area contributed by atoms with E-state index in [1.54, 1.807) is 6.92 Å². The van der Waals surface area contributed by atoms with E-state index in [4.69, 9.17) is 4.74 Å². The third-order valence-electron chi connectivity index (χ3n) is 4.15. The van der Waals surface area contributed by atoms with E-state index in [0.717, 1.165) is 12.8 Å². The summed E-state index contributed by atoms with van der Waals surface area (Å²) in [4.78, 5) is 22.8. The third-order valence-corrected chi connectivity index (χ3v) is 4.15. The molecule has 0 aromatic carbocycles. The summed E-state index contributed by atoms with van der Waals surface area (Å²) in [5, 5.41) is 0. The molecule has 0 aliphatic carbocycles. The summed E-state index contributed by atoms with van der Waals surface area (Å²) in [5.41, 5.74) is 0. The van der Waals surface area contributed by atoms with Gasteiger partial charge in [-0.3, -0.25) is 9.59 Å². The minimum absolute atomic E-state index is 0.211. The number of methoxy groups -OCH3 is 1. The highest BCUT2D eigenvalue weighted by Gasteiger charge is 2.15. The molecule has 4 heteroatoms. The Balaban J connectivity index is 3.31. The second-order valence-electron chi connectivity index (χ2n) is 6.37. The van der Waals surface area contributed by atoms with Gasteiger partial charge in [0.25, 0.3) is 0 Å². The normalized spacial score (nSPS) is 12.0. The quantitative estimate of drug-likeness (QED) is 0.312. The minimum Gasteiger partial charge on any atom is -0.469 e. The number of rotatable bonds is 15. The molecule has 1 unspecified atom stereocenters. The topological polar surface area (TPSA) is 52.6 Å². The van der Waals surface area contributed by atoms with Crippen LogP contribution in [0.15, 0.2) is 0 Å². The average molecular weight is 328 g/mol. The molecule has 0 rings (SSSR count). The highest BCUT2D eigenvalue weighted by atomic mass is 16.5. The van der Waals surface area contributed by atoms with Gasteiger partial charge >= 0.3 is 11.9 Å². The highest BCUT2D eigenvalue weighted by molar-refractivity contribution is 5.74. The molecule has 0 aromatic rings. The first kappa shape index (κ1) is 21.9. The fourth-order valence-corrected chi connectivity index (χ4v) is 2.50. The average Bonchev–Trinajstić information content (AvgIpc) is 2.56. The Morgan fingerprint density at radius 2 is 1.39 bits per heavy atom. The Bertz CT molecular complexity index is 302. The van der Waals surface area contributed by atoms with Crippen LogP contribution in [0.2, 0.25) is 0 Å². The lowest BCUT2D eigenvalue weighted by Crippen LogP contribution is -2.15. The van der Waals surface area contributed by atoms with Crippen molar-refractivity contribution in [1.82, 2.24) is 0 Å². The van der Waals surface area contributed by atoms with Gasteiger partial charge in [0.2, 0.25) is 0 Å². The Morgan fingerprint density at radius 1 is 0.870 bits per heavy atom. The molecule has 4 nitrogen and oxygen atoms in total. The molecule has 0 bridgehead atoms. The van der Waals surface area contributed by atoms with Crippen molar-refractivity contribution in [2.24, 2.45) is 5.92 Å². The maximum absolute atomic E-state index is 11.5. The van der Waals surface area contributed by atoms with E-state index >= 15 is 0 Å². The van der Waals surface area contributed by atoms with Gasteiger partial charge in [-0.05, 0) is 12.8 Å². The molecule has 0 aliphatic heterocycles. The van der Waals surface area contributed by atoms with Gasteiger partial charge in [0.1, 0.15) is 0 Å². The molecule has 0 saturated heterocycles. The molecular formula is C19H36O4. The summed E-state index contributed by atoms with van der Waals surface area (Å²) in [7, 11) is 1.36. The molecule has 0 aliphatic rings. The number of hydrogen-bond acceptors (Lipinski definition) is 4. The predicted octanol–water partition coefficient (Wildman–Crippen LogP) is 5.04. The first-order valence-electron chi connectivity index (χ1n) is 9.35. The van der Waals surface area contributed by atoms with Gasteiger partial charge in [0.15, 0.2) is 0 Å². The molecule has 23 heavy (non-hydrogen) atoms. The van der Waals surface area contributed by atoms with Crippen LogP contribution in [-0.2, 0) is 19.1 Å². The second-order valence-corrected chi connectivity index (χ2v) is 6.37. The minimum atomic E-state index is -0.271. The van der Waals surface area contributed by atoms with Crippen LogP contribution in [0.25, 0.3) is 0 Å². The Hall–Kier alpha value is -1.06. The standard InChI is InChI=1S/C19H36O4/c1-4-5-6-7-8-9-10-11-12-13-16-23-18(20)15-14-17(2)19(21)22-3/h17H,4-16H2,1-3H3. The molecule has 0 aromatic heterocycles. The number of carbonyl (C=O) groups is 2. The van der Waals surface area contributed by atoms with Crippen LogP contribution in [0.3, 0.4) is 0 Å². The summed E-state index contributed by atoms with van der Waals surface area (Å²) >= 11 is 0. The number of unbranched alkanes of at least 4 members (excludes halogenated alkanes) is 9. The molecular weight excluding hydrogens is 292 g/mol. The van der Waals surface area contributed by atoms with Crippen molar-refractivity contribution in [2.75, 3.05) is 13.7 Å². The van der Waals surface area contributed by atoms with Gasteiger partial charge < -0.3 is 9.47 Å². The summed E-state index contributed by atoms with van der Waals surface area (Å²) in [5.74, 6) is -0.728. The van der Waals surface area contributed by atoms with Crippen molar-refractivity contribution >= 4 is 11.9 Å². The largest absolute Gasteiger partial charge is 0.469 e. The van der Waals surface area contributed by atoms with E-state index in [1.165, 1.54) is 58.5 Å². The van der Waals surface area contributed by atoms with Gasteiger partial charge in [-0.1, -0.05) is 71.6 Å². The Kier molecular flexibility index (Phi) is 15.1. The van der Waals surface area contributed by atoms with Gasteiger partial charge in [-0.2, -0.15) is 0 Å². The molecule has 0 radical (unpaired) electrons. The van der Waals surface area contributed by atoms with Crippen molar-refractivity contribution in [3.05, 3.63) is 0 Å². The van der Waals surface area contributed by atoms with E-state index in [2.05, 4.69) is 11.7 Å². The van der Waals surface area contributed by atoms with Gasteiger partial charge in [0.05, 0.1) is 19.6 Å². The van der Waals surface area contributed by atoms with Crippen molar-refractivity contribution in [3.63, 3.8) is 0 Å². The Morgan fingerprint density at radius 3 is 1.91 bits per heavy atom. The summed E-state index contributed by atoms with van der Waals surface area (Å²) in [6, 6.07) is 0. The number of carbonyl (C=O) groups excluding carboxylic acids is 2. The zero-order valence-electron chi connectivity index (χ0n) is 15.4. The first-order chi connectivity index (χ1) is 11.1. The maximum atomic E-state index is 11.5. The van der Waals surface area contributed by atoms with Crippen LogP contribution in [0.4, 0.5) is 0 Å². The molecule has 0 heterocycles. The smallest absolute Gasteiger partial charge is 0.308 e. The fraction of sp³-hybridized carbons (Fsp3) is 0.895.